The predicted octanol–water partition coefficient (Wildman–Crippen LogP) is 2.66. The molecular weight excluding hydrogens is 288 g/mol. The van der Waals surface area contributed by atoms with E-state index in [4.69, 9.17) is 21.7 Å². The van der Waals surface area contributed by atoms with Crippen LogP contribution < -0.4 is 11.5 Å². The van der Waals surface area contributed by atoms with Crippen LogP contribution >= 0.6 is 0 Å². The summed E-state index contributed by atoms with van der Waals surface area (Å²) in [7, 11) is 0. The zero-order valence-corrected chi connectivity index (χ0v) is 11.2. The summed E-state index contributed by atoms with van der Waals surface area (Å²) in [5.74, 6) is -2.25. The van der Waals surface area contributed by atoms with Crippen molar-refractivity contribution in [3.63, 3.8) is 0 Å². The normalized spacial score (nSPS) is 10.7. The molecule has 0 aliphatic rings. The van der Waals surface area contributed by atoms with Gasteiger partial charge in [0.1, 0.15) is 0 Å². The molecule has 0 fully saturated rings. The van der Waals surface area contributed by atoms with Gasteiger partial charge >= 0.3 is 11.9 Å². The highest BCUT2D eigenvalue weighted by Crippen LogP contribution is 2.25. The van der Waals surface area contributed by atoms with E-state index in [0.29, 0.717) is 11.4 Å². The van der Waals surface area contributed by atoms with Crippen LogP contribution in [0, 0.1) is 0 Å². The minimum absolute atomic E-state index is 0.0194. The molecule has 2 aromatic rings. The van der Waals surface area contributed by atoms with E-state index in [1.165, 1.54) is 36.4 Å². The minimum Gasteiger partial charge on any atom is -0.478 e. The zero-order chi connectivity index (χ0) is 16.3. The van der Waals surface area contributed by atoms with Gasteiger partial charge in [0.15, 0.2) is 0 Å². The van der Waals surface area contributed by atoms with Gasteiger partial charge in [0, 0.05) is 11.4 Å². The number of carboxylic acid groups (broad SMARTS) is 2. The molecule has 0 aliphatic heterocycles. The van der Waals surface area contributed by atoms with Crippen LogP contribution in [-0.2, 0) is 0 Å². The predicted molar refractivity (Wildman–Crippen MR) is 79.8 cm³/mol. The van der Waals surface area contributed by atoms with E-state index in [2.05, 4.69) is 10.2 Å². The second kappa shape index (κ2) is 5.92. The van der Waals surface area contributed by atoms with E-state index >= 15 is 0 Å². The van der Waals surface area contributed by atoms with E-state index in [1.54, 1.807) is 0 Å². The zero-order valence-electron chi connectivity index (χ0n) is 11.2. The Balaban J connectivity index is 2.25. The van der Waals surface area contributed by atoms with E-state index in [0.717, 1.165) is 0 Å². The van der Waals surface area contributed by atoms with Crippen LogP contribution in [0.2, 0.25) is 0 Å². The summed E-state index contributed by atoms with van der Waals surface area (Å²) in [5, 5.41) is 25.5. The van der Waals surface area contributed by atoms with Crippen molar-refractivity contribution >= 4 is 34.7 Å². The lowest BCUT2D eigenvalue weighted by molar-refractivity contribution is 0.0687. The quantitative estimate of drug-likeness (QED) is 0.503. The van der Waals surface area contributed by atoms with Gasteiger partial charge in [0.2, 0.25) is 0 Å². The number of azo groups is 1. The molecule has 0 unspecified atom stereocenters. The summed E-state index contributed by atoms with van der Waals surface area (Å²) >= 11 is 0. The van der Waals surface area contributed by atoms with Gasteiger partial charge in [0.25, 0.3) is 0 Å². The summed E-state index contributed by atoms with van der Waals surface area (Å²) in [6.45, 7) is 0. The molecule has 0 amide bonds. The van der Waals surface area contributed by atoms with Gasteiger partial charge in [-0.1, -0.05) is 0 Å². The van der Waals surface area contributed by atoms with Gasteiger partial charge in [0.05, 0.1) is 22.5 Å². The maximum atomic E-state index is 10.8. The molecule has 8 nitrogen and oxygen atoms in total. The van der Waals surface area contributed by atoms with Crippen LogP contribution in [0.15, 0.2) is 46.6 Å². The molecule has 8 heteroatoms. The smallest absolute Gasteiger partial charge is 0.337 e. The third-order valence-corrected chi connectivity index (χ3v) is 2.81. The largest absolute Gasteiger partial charge is 0.478 e. The van der Waals surface area contributed by atoms with Crippen LogP contribution in [0.4, 0.5) is 22.7 Å². The summed E-state index contributed by atoms with van der Waals surface area (Å²) in [5.41, 5.74) is 12.0. The molecule has 0 atom stereocenters. The number of carboxylic acids is 2. The Morgan fingerprint density at radius 1 is 0.773 bits per heavy atom. The number of nitrogens with two attached hydrogens (primary N) is 2. The van der Waals surface area contributed by atoms with E-state index in [9.17, 15) is 9.59 Å². The van der Waals surface area contributed by atoms with Crippen molar-refractivity contribution in [2.45, 2.75) is 0 Å². The van der Waals surface area contributed by atoms with Gasteiger partial charge in [-0.3, -0.25) is 0 Å². The van der Waals surface area contributed by atoms with Gasteiger partial charge in [-0.25, -0.2) is 9.59 Å². The lowest BCUT2D eigenvalue weighted by Crippen LogP contribution is -2.01. The maximum Gasteiger partial charge on any atom is 0.337 e. The lowest BCUT2D eigenvalue weighted by Gasteiger charge is -2.02. The number of benzene rings is 2. The number of aromatic carboxylic acids is 2. The molecule has 2 rings (SSSR count). The Morgan fingerprint density at radius 3 is 1.41 bits per heavy atom. The molecule has 0 saturated heterocycles. The molecule has 0 radical (unpaired) electrons. The van der Waals surface area contributed by atoms with Crippen molar-refractivity contribution in [1.29, 1.82) is 0 Å². The Hall–Kier alpha value is -3.42. The molecule has 6 N–H and O–H groups in total. The molecule has 2 aromatic carbocycles. The minimum atomic E-state index is -1.13. The number of nitrogens with zero attached hydrogens (tertiary/aromatic N) is 2. The van der Waals surface area contributed by atoms with Gasteiger partial charge in [-0.15, -0.1) is 0 Å². The highest BCUT2D eigenvalue weighted by Gasteiger charge is 2.09. The molecule has 0 saturated carbocycles. The van der Waals surface area contributed by atoms with Crippen molar-refractivity contribution in [2.75, 3.05) is 11.5 Å². The monoisotopic (exact) mass is 300 g/mol. The third-order valence-electron chi connectivity index (χ3n) is 2.81. The van der Waals surface area contributed by atoms with Crippen molar-refractivity contribution in [3.8, 4) is 0 Å². The summed E-state index contributed by atoms with van der Waals surface area (Å²) < 4.78 is 0. The fraction of sp³-hybridized carbons (Fsp3) is 0. The van der Waals surface area contributed by atoms with Crippen molar-refractivity contribution in [3.05, 3.63) is 47.5 Å². The Kier molecular flexibility index (Phi) is 4.03. The number of rotatable bonds is 4. The first-order valence-electron chi connectivity index (χ1n) is 6.06. The van der Waals surface area contributed by atoms with Crippen molar-refractivity contribution < 1.29 is 19.8 Å². The average Bonchev–Trinajstić information content (AvgIpc) is 2.44. The number of hydrogen-bond donors (Lipinski definition) is 4. The van der Waals surface area contributed by atoms with Crippen LogP contribution in [0.3, 0.4) is 0 Å². The Morgan fingerprint density at radius 2 is 1.14 bits per heavy atom. The Bertz CT molecular complexity index is 721. The fourth-order valence-corrected chi connectivity index (χ4v) is 1.73. The fourth-order valence-electron chi connectivity index (χ4n) is 1.73. The van der Waals surface area contributed by atoms with E-state index in [-0.39, 0.29) is 22.5 Å². The molecule has 112 valence electrons. The highest BCUT2D eigenvalue weighted by molar-refractivity contribution is 5.94. The van der Waals surface area contributed by atoms with E-state index < -0.39 is 11.9 Å². The van der Waals surface area contributed by atoms with Crippen molar-refractivity contribution in [2.24, 2.45) is 10.2 Å². The summed E-state index contributed by atoms with van der Waals surface area (Å²) in [6.07, 6.45) is 0. The first kappa shape index (κ1) is 15.0. The molecule has 0 aliphatic carbocycles. The van der Waals surface area contributed by atoms with Crippen LogP contribution in [0.25, 0.3) is 0 Å². The highest BCUT2D eigenvalue weighted by atomic mass is 16.4. The van der Waals surface area contributed by atoms with Gasteiger partial charge < -0.3 is 21.7 Å². The third kappa shape index (κ3) is 3.18. The Labute approximate surface area is 124 Å². The van der Waals surface area contributed by atoms with Crippen molar-refractivity contribution in [1.82, 2.24) is 0 Å². The lowest BCUT2D eigenvalue weighted by atomic mass is 10.1. The summed E-state index contributed by atoms with van der Waals surface area (Å²) in [6, 6.07) is 8.32. The topological polar surface area (TPSA) is 151 Å². The molecule has 0 bridgehead atoms. The van der Waals surface area contributed by atoms with Gasteiger partial charge in [-0.05, 0) is 36.4 Å². The molecule has 22 heavy (non-hydrogen) atoms. The number of carbonyl (C=O) groups is 2. The maximum absolute atomic E-state index is 10.8. The SMILES string of the molecule is Nc1cc(N=Nc2ccc(C(=O)O)c(N)c2)ccc1C(=O)O. The number of anilines is 2. The molecule has 0 spiro atoms. The first-order valence-corrected chi connectivity index (χ1v) is 6.06. The molecule has 0 heterocycles. The van der Waals surface area contributed by atoms with Crippen LogP contribution in [0.1, 0.15) is 20.7 Å². The van der Waals surface area contributed by atoms with E-state index in [1.807, 2.05) is 0 Å². The second-order valence-electron chi connectivity index (χ2n) is 4.35. The van der Waals surface area contributed by atoms with Crippen LogP contribution in [-0.4, -0.2) is 22.2 Å². The number of nitrogen functional groups attached to an aromatic ring is 2. The first-order chi connectivity index (χ1) is 10.4. The average molecular weight is 300 g/mol. The standard InChI is InChI=1S/C14H12N4O4/c15-11-5-7(1-3-9(11)13(19)20)17-18-8-2-4-10(14(21)22)12(16)6-8/h1-6H,15-16H2,(H,19,20)(H,21,22). The van der Waals surface area contributed by atoms with Gasteiger partial charge in [-0.2, -0.15) is 10.2 Å². The second-order valence-corrected chi connectivity index (χ2v) is 4.35. The number of hydrogen-bond acceptors (Lipinski definition) is 6. The molecule has 0 aromatic heterocycles. The van der Waals surface area contributed by atoms with Crippen LogP contribution in [0.5, 0.6) is 0 Å². The summed E-state index contributed by atoms with van der Waals surface area (Å²) in [4.78, 5) is 21.7. The molecular formula is C14H12N4O4.